The number of carbonyl (C=O) groups excluding carboxylic acids is 4. The molecule has 7 nitrogen and oxygen atoms in total. The van der Waals surface area contributed by atoms with Gasteiger partial charge >= 0.3 is 5.97 Å². The topological polar surface area (TPSA) is 92.8 Å². The fourth-order valence-electron chi connectivity index (χ4n) is 3.50. The van der Waals surface area contributed by atoms with Crippen LogP contribution < -0.4 is 5.32 Å². The summed E-state index contributed by atoms with van der Waals surface area (Å²) in [5.41, 5.74) is 0.778. The number of unbranched alkanes of at least 4 members (excludes halogenated alkanes) is 1. The summed E-state index contributed by atoms with van der Waals surface area (Å²) < 4.78 is 5.16. The van der Waals surface area contributed by atoms with Crippen molar-refractivity contribution >= 4 is 87.4 Å². The smallest absolute Gasteiger partial charge is 0.329 e. The number of anilines is 1. The molecule has 1 atom stereocenters. The molecule has 0 bridgehead atoms. The van der Waals surface area contributed by atoms with Crippen molar-refractivity contribution in [1.82, 2.24) is 4.90 Å². The first-order chi connectivity index (χ1) is 16.5. The second-order valence-electron chi connectivity index (χ2n) is 7.76. The van der Waals surface area contributed by atoms with E-state index in [0.717, 1.165) is 10.5 Å². The van der Waals surface area contributed by atoms with Crippen LogP contribution in [0.15, 0.2) is 18.2 Å². The van der Waals surface area contributed by atoms with Crippen LogP contribution in [-0.2, 0) is 14.3 Å². The molecular weight excluding hydrogens is 562 g/mol. The minimum Gasteiger partial charge on any atom is -0.454 e. The zero-order chi connectivity index (χ0) is 26.0. The van der Waals surface area contributed by atoms with Crippen molar-refractivity contribution in [3.63, 3.8) is 0 Å². The molecule has 0 spiro atoms. The molecule has 3 amide bonds. The fraction of sp³-hybridized carbons (Fsp3) is 0.304. The molecule has 0 aromatic heterocycles. The van der Waals surface area contributed by atoms with Crippen molar-refractivity contribution in [2.75, 3.05) is 11.9 Å². The Morgan fingerprint density at radius 3 is 2.06 bits per heavy atom. The molecule has 0 aliphatic carbocycles. The lowest BCUT2D eigenvalue weighted by atomic mass is 10.1. The van der Waals surface area contributed by atoms with Crippen LogP contribution in [0, 0.1) is 6.92 Å². The summed E-state index contributed by atoms with van der Waals surface area (Å²) in [4.78, 5) is 52.3. The van der Waals surface area contributed by atoms with E-state index in [-0.39, 0.29) is 37.6 Å². The summed E-state index contributed by atoms with van der Waals surface area (Å²) >= 11 is 30.5. The molecule has 1 N–H and O–H groups in total. The van der Waals surface area contributed by atoms with Crippen LogP contribution in [0.25, 0.3) is 0 Å². The lowest BCUT2D eigenvalue weighted by molar-refractivity contribution is -0.151. The van der Waals surface area contributed by atoms with Crippen molar-refractivity contribution in [3.05, 3.63) is 60.0 Å². The maximum atomic E-state index is 13.2. The normalized spacial score (nSPS) is 13.6. The van der Waals surface area contributed by atoms with Crippen molar-refractivity contribution < 1.29 is 23.9 Å². The first-order valence-electron chi connectivity index (χ1n) is 10.5. The predicted molar refractivity (Wildman–Crippen MR) is 136 cm³/mol. The van der Waals surface area contributed by atoms with E-state index in [1.165, 1.54) is 0 Å². The molecule has 186 valence electrons. The molecule has 0 fully saturated rings. The lowest BCUT2D eigenvalue weighted by Gasteiger charge is -2.24. The van der Waals surface area contributed by atoms with E-state index in [0.29, 0.717) is 23.6 Å². The summed E-state index contributed by atoms with van der Waals surface area (Å²) in [7, 11) is 0. The van der Waals surface area contributed by atoms with E-state index in [2.05, 4.69) is 5.32 Å². The lowest BCUT2D eigenvalue weighted by Crippen LogP contribution is -2.46. The zero-order valence-corrected chi connectivity index (χ0v) is 22.3. The van der Waals surface area contributed by atoms with Crippen LogP contribution in [0.1, 0.15) is 52.5 Å². The van der Waals surface area contributed by atoms with E-state index < -0.39 is 36.3 Å². The maximum Gasteiger partial charge on any atom is 0.329 e. The number of carbonyl (C=O) groups is 4. The number of rotatable bonds is 8. The molecule has 0 unspecified atom stereocenters. The largest absolute Gasteiger partial charge is 0.454 e. The number of nitrogens with zero attached hydrogens (tertiary/aromatic N) is 1. The van der Waals surface area contributed by atoms with Crippen molar-refractivity contribution in [2.45, 2.75) is 39.2 Å². The summed E-state index contributed by atoms with van der Waals surface area (Å²) in [5, 5.41) is 2.18. The number of esters is 1. The summed E-state index contributed by atoms with van der Waals surface area (Å²) in [6.45, 7) is 3.04. The molecule has 1 heterocycles. The number of amides is 3. The predicted octanol–water partition coefficient (Wildman–Crippen LogP) is 6.60. The number of aryl methyl sites for hydroxylation is 1. The number of halogens is 5. The SMILES string of the molecule is CCCC[C@@H](C(=O)OCC(=O)Nc1ccc(C)c(Cl)c1)N1C(=O)c2c(Cl)c(Cl)c(Cl)c(Cl)c2C1=O. The Morgan fingerprint density at radius 1 is 0.971 bits per heavy atom. The minimum atomic E-state index is -1.31. The van der Waals surface area contributed by atoms with Gasteiger partial charge in [0, 0.05) is 10.7 Å². The second-order valence-corrected chi connectivity index (χ2v) is 9.68. The monoisotopic (exact) mass is 578 g/mol. The van der Waals surface area contributed by atoms with E-state index in [1.807, 2.05) is 13.8 Å². The van der Waals surface area contributed by atoms with Gasteiger partial charge in [0.1, 0.15) is 6.04 Å². The average Bonchev–Trinajstić information content (AvgIpc) is 3.08. The van der Waals surface area contributed by atoms with Crippen LogP contribution in [-0.4, -0.2) is 41.2 Å². The van der Waals surface area contributed by atoms with Crippen LogP contribution in [0.3, 0.4) is 0 Å². The molecule has 1 aliphatic rings. The van der Waals surface area contributed by atoms with Gasteiger partial charge in [0.2, 0.25) is 0 Å². The van der Waals surface area contributed by atoms with Crippen LogP contribution >= 0.6 is 58.0 Å². The van der Waals surface area contributed by atoms with Gasteiger partial charge in [-0.2, -0.15) is 0 Å². The first-order valence-corrected chi connectivity index (χ1v) is 12.3. The molecule has 1 aliphatic heterocycles. The van der Waals surface area contributed by atoms with E-state index in [4.69, 9.17) is 62.7 Å². The second kappa shape index (κ2) is 11.4. The molecule has 3 rings (SSSR count). The summed E-state index contributed by atoms with van der Waals surface area (Å²) in [6, 6.07) is 3.62. The third-order valence-corrected chi connectivity index (χ3v) is 7.56. The molecule has 0 radical (unpaired) electrons. The molecule has 2 aromatic rings. The maximum absolute atomic E-state index is 13.2. The molecule has 2 aromatic carbocycles. The minimum absolute atomic E-state index is 0.104. The fourth-order valence-corrected chi connectivity index (χ4v) is 4.69. The number of benzene rings is 2. The molecular formula is C23H19Cl5N2O5. The van der Waals surface area contributed by atoms with E-state index >= 15 is 0 Å². The van der Waals surface area contributed by atoms with Gasteiger partial charge in [0.05, 0.1) is 31.2 Å². The Bertz CT molecular complexity index is 1190. The summed E-state index contributed by atoms with van der Waals surface area (Å²) in [5.74, 6) is -3.27. The average molecular weight is 581 g/mol. The molecule has 35 heavy (non-hydrogen) atoms. The number of hydrogen-bond acceptors (Lipinski definition) is 5. The highest BCUT2D eigenvalue weighted by Gasteiger charge is 2.47. The number of hydrogen-bond donors (Lipinski definition) is 1. The van der Waals surface area contributed by atoms with Gasteiger partial charge in [0.25, 0.3) is 17.7 Å². The highest BCUT2D eigenvalue weighted by Crippen LogP contribution is 2.45. The van der Waals surface area contributed by atoms with Gasteiger partial charge in [-0.1, -0.05) is 83.8 Å². The molecule has 12 heteroatoms. The number of imide groups is 1. The standard InChI is InChI=1S/C23H19Cl5N2O5/c1-3-4-5-13(23(34)35-9-14(31)29-11-7-6-10(2)12(24)8-11)30-21(32)15-16(22(30)33)18(26)20(28)19(27)17(15)25/h6-8,13H,3-5,9H2,1-2H3,(H,29,31)/t13-/m0/s1. The highest BCUT2D eigenvalue weighted by molar-refractivity contribution is 6.55. The molecule has 0 saturated heterocycles. The van der Waals surface area contributed by atoms with Crippen molar-refractivity contribution in [3.8, 4) is 0 Å². The van der Waals surface area contributed by atoms with Crippen LogP contribution in [0.2, 0.25) is 25.1 Å². The van der Waals surface area contributed by atoms with Gasteiger partial charge in [-0.25, -0.2) is 4.79 Å². The third kappa shape index (κ3) is 5.54. The van der Waals surface area contributed by atoms with Gasteiger partial charge in [0.15, 0.2) is 6.61 Å². The van der Waals surface area contributed by atoms with Gasteiger partial charge in [-0.15, -0.1) is 0 Å². The first kappa shape index (κ1) is 27.6. The van der Waals surface area contributed by atoms with Gasteiger partial charge in [-0.05, 0) is 31.0 Å². The Labute approximate surface area is 226 Å². The quantitative estimate of drug-likeness (QED) is 0.164. The molecule has 0 saturated carbocycles. The van der Waals surface area contributed by atoms with Gasteiger partial charge in [-0.3, -0.25) is 19.3 Å². The van der Waals surface area contributed by atoms with Crippen LogP contribution in [0.5, 0.6) is 0 Å². The Hall–Kier alpha value is -2.03. The highest BCUT2D eigenvalue weighted by atomic mass is 35.5. The Kier molecular flexibility index (Phi) is 8.94. The van der Waals surface area contributed by atoms with Crippen molar-refractivity contribution in [1.29, 1.82) is 0 Å². The van der Waals surface area contributed by atoms with E-state index in [9.17, 15) is 19.2 Å². The van der Waals surface area contributed by atoms with E-state index in [1.54, 1.807) is 18.2 Å². The van der Waals surface area contributed by atoms with Crippen molar-refractivity contribution in [2.24, 2.45) is 0 Å². The Balaban J connectivity index is 1.80. The Morgan fingerprint density at radius 2 is 1.54 bits per heavy atom. The zero-order valence-electron chi connectivity index (χ0n) is 18.5. The number of ether oxygens (including phenoxy) is 1. The number of nitrogens with one attached hydrogen (secondary N) is 1. The summed E-state index contributed by atoms with van der Waals surface area (Å²) in [6.07, 6.45) is 1.26. The third-order valence-electron chi connectivity index (χ3n) is 5.35. The van der Waals surface area contributed by atoms with Crippen LogP contribution in [0.4, 0.5) is 5.69 Å². The van der Waals surface area contributed by atoms with Gasteiger partial charge < -0.3 is 10.1 Å². The number of fused-ring (bicyclic) bond motifs is 1.